The van der Waals surface area contributed by atoms with Crippen LogP contribution in [-0.2, 0) is 4.74 Å². The lowest BCUT2D eigenvalue weighted by molar-refractivity contribution is 0.0782. The van der Waals surface area contributed by atoms with E-state index in [2.05, 4.69) is 10.1 Å². The highest BCUT2D eigenvalue weighted by Gasteiger charge is 2.24. The number of likely N-dealkylation sites (tertiary alicyclic amines) is 1. The minimum absolute atomic E-state index is 0.0178. The molecule has 2 aliphatic heterocycles. The maximum atomic E-state index is 12.1. The normalized spacial score (nSPS) is 20.4. The number of nitrogens with zero attached hydrogens (tertiary/aromatic N) is 3. The highest BCUT2D eigenvalue weighted by atomic mass is 16.5. The molecule has 6 nitrogen and oxygen atoms in total. The van der Waals surface area contributed by atoms with Crippen molar-refractivity contribution in [1.29, 1.82) is 0 Å². The van der Waals surface area contributed by atoms with E-state index in [1.807, 2.05) is 4.90 Å². The fraction of sp³-hybridized carbons (Fsp3) is 0.667. The van der Waals surface area contributed by atoms with Gasteiger partial charge in [-0.25, -0.2) is 0 Å². The van der Waals surface area contributed by atoms with Crippen LogP contribution in [0.3, 0.4) is 0 Å². The van der Waals surface area contributed by atoms with Gasteiger partial charge in [-0.15, -0.1) is 0 Å². The third-order valence-corrected chi connectivity index (χ3v) is 3.43. The molecule has 1 aromatic heterocycles. The maximum absolute atomic E-state index is 12.1. The zero-order valence-corrected chi connectivity index (χ0v) is 10.3. The summed E-state index contributed by atoms with van der Waals surface area (Å²) in [4.78, 5) is 16.0. The van der Waals surface area contributed by atoms with Gasteiger partial charge in [0.15, 0.2) is 5.69 Å². The van der Waals surface area contributed by atoms with Gasteiger partial charge in [-0.2, -0.15) is 0 Å². The number of aromatic nitrogens is 1. The molecule has 2 aliphatic rings. The Bertz CT molecular complexity index is 420. The second-order valence-electron chi connectivity index (χ2n) is 4.65. The molecule has 1 amide bonds. The molecular weight excluding hydrogens is 234 g/mol. The Morgan fingerprint density at radius 3 is 2.61 bits per heavy atom. The summed E-state index contributed by atoms with van der Waals surface area (Å²) in [7, 11) is 0. The van der Waals surface area contributed by atoms with E-state index < -0.39 is 0 Å². The molecule has 0 atom stereocenters. The van der Waals surface area contributed by atoms with Gasteiger partial charge < -0.3 is 19.1 Å². The van der Waals surface area contributed by atoms with Crippen molar-refractivity contribution in [2.24, 2.45) is 0 Å². The Hall–Kier alpha value is -1.56. The van der Waals surface area contributed by atoms with Crippen LogP contribution < -0.4 is 4.90 Å². The molecule has 0 radical (unpaired) electrons. The van der Waals surface area contributed by atoms with Crippen molar-refractivity contribution in [2.75, 3.05) is 44.3 Å². The molecule has 3 heterocycles. The SMILES string of the molecule is O=C(c1cc(N2CCOCC2)on1)N1CCCC1. The van der Waals surface area contributed by atoms with Gasteiger partial charge in [0, 0.05) is 32.2 Å². The Kier molecular flexibility index (Phi) is 3.19. The fourth-order valence-electron chi connectivity index (χ4n) is 2.38. The third kappa shape index (κ3) is 2.20. The largest absolute Gasteiger partial charge is 0.378 e. The second-order valence-corrected chi connectivity index (χ2v) is 4.65. The second kappa shape index (κ2) is 4.97. The first kappa shape index (κ1) is 11.5. The van der Waals surface area contributed by atoms with Crippen molar-refractivity contribution in [3.05, 3.63) is 11.8 Å². The van der Waals surface area contributed by atoms with Crippen LogP contribution in [0.25, 0.3) is 0 Å². The lowest BCUT2D eigenvalue weighted by Gasteiger charge is -2.25. The molecular formula is C12H17N3O3. The van der Waals surface area contributed by atoms with E-state index in [0.717, 1.165) is 39.0 Å². The summed E-state index contributed by atoms with van der Waals surface area (Å²) in [5.41, 5.74) is 0.415. The maximum Gasteiger partial charge on any atom is 0.276 e. The van der Waals surface area contributed by atoms with E-state index in [4.69, 9.17) is 9.26 Å². The summed E-state index contributed by atoms with van der Waals surface area (Å²) >= 11 is 0. The first-order valence-electron chi connectivity index (χ1n) is 6.43. The van der Waals surface area contributed by atoms with E-state index in [1.54, 1.807) is 6.07 Å². The molecule has 0 aliphatic carbocycles. The van der Waals surface area contributed by atoms with Crippen LogP contribution in [0.5, 0.6) is 0 Å². The minimum Gasteiger partial charge on any atom is -0.378 e. The van der Waals surface area contributed by atoms with Gasteiger partial charge in [0.25, 0.3) is 5.91 Å². The van der Waals surface area contributed by atoms with E-state index >= 15 is 0 Å². The van der Waals surface area contributed by atoms with Crippen LogP contribution in [-0.4, -0.2) is 55.4 Å². The number of hydrogen-bond donors (Lipinski definition) is 0. The summed E-state index contributed by atoms with van der Waals surface area (Å²) in [6.45, 7) is 4.61. The predicted octanol–water partition coefficient (Wildman–Crippen LogP) is 0.747. The molecule has 0 unspecified atom stereocenters. The quantitative estimate of drug-likeness (QED) is 0.776. The Morgan fingerprint density at radius 1 is 1.17 bits per heavy atom. The Labute approximate surface area is 105 Å². The first-order valence-corrected chi connectivity index (χ1v) is 6.43. The molecule has 3 rings (SSSR count). The zero-order chi connectivity index (χ0) is 12.4. The molecule has 0 saturated carbocycles. The van der Waals surface area contributed by atoms with Crippen LogP contribution in [0, 0.1) is 0 Å². The number of hydrogen-bond acceptors (Lipinski definition) is 5. The number of rotatable bonds is 2. The smallest absolute Gasteiger partial charge is 0.276 e. The highest BCUT2D eigenvalue weighted by molar-refractivity contribution is 5.93. The Morgan fingerprint density at radius 2 is 1.89 bits per heavy atom. The topological polar surface area (TPSA) is 58.8 Å². The van der Waals surface area contributed by atoms with Gasteiger partial charge in [-0.3, -0.25) is 4.79 Å². The van der Waals surface area contributed by atoms with E-state index in [-0.39, 0.29) is 5.91 Å². The minimum atomic E-state index is -0.0178. The van der Waals surface area contributed by atoms with Crippen molar-refractivity contribution in [2.45, 2.75) is 12.8 Å². The number of carbonyl (C=O) groups excluding carboxylic acids is 1. The van der Waals surface area contributed by atoms with E-state index in [0.29, 0.717) is 24.8 Å². The van der Waals surface area contributed by atoms with Gasteiger partial charge in [0.05, 0.1) is 13.2 Å². The van der Waals surface area contributed by atoms with Gasteiger partial charge in [0.1, 0.15) is 0 Å². The predicted molar refractivity (Wildman–Crippen MR) is 64.7 cm³/mol. The van der Waals surface area contributed by atoms with Crippen LogP contribution in [0.2, 0.25) is 0 Å². The van der Waals surface area contributed by atoms with Gasteiger partial charge in [0.2, 0.25) is 5.88 Å². The monoisotopic (exact) mass is 251 g/mol. The molecule has 2 fully saturated rings. The summed E-state index contributed by atoms with van der Waals surface area (Å²) in [5, 5.41) is 3.89. The molecule has 1 aromatic rings. The third-order valence-electron chi connectivity index (χ3n) is 3.43. The van der Waals surface area contributed by atoms with Crippen LogP contribution in [0.1, 0.15) is 23.3 Å². The molecule has 0 spiro atoms. The molecule has 0 aromatic carbocycles. The standard InChI is InChI=1S/C12H17N3O3/c16-12(15-3-1-2-4-15)10-9-11(18-13-10)14-5-7-17-8-6-14/h9H,1-8H2. The first-order chi connectivity index (χ1) is 8.84. The number of ether oxygens (including phenoxy) is 1. The summed E-state index contributed by atoms with van der Waals surface area (Å²) < 4.78 is 10.5. The lowest BCUT2D eigenvalue weighted by atomic mass is 10.3. The summed E-state index contributed by atoms with van der Waals surface area (Å²) in [6, 6.07) is 1.74. The molecule has 0 N–H and O–H groups in total. The van der Waals surface area contributed by atoms with Crippen LogP contribution >= 0.6 is 0 Å². The molecule has 18 heavy (non-hydrogen) atoms. The van der Waals surface area contributed by atoms with Crippen LogP contribution in [0.4, 0.5) is 5.88 Å². The average molecular weight is 251 g/mol. The average Bonchev–Trinajstić information content (AvgIpc) is 3.10. The van der Waals surface area contributed by atoms with Crippen molar-refractivity contribution >= 4 is 11.8 Å². The Balaban J connectivity index is 1.70. The number of amides is 1. The van der Waals surface area contributed by atoms with E-state index in [1.165, 1.54) is 0 Å². The van der Waals surface area contributed by atoms with Gasteiger partial charge >= 0.3 is 0 Å². The lowest BCUT2D eigenvalue weighted by Crippen LogP contribution is -2.36. The molecule has 98 valence electrons. The zero-order valence-electron chi connectivity index (χ0n) is 10.3. The highest BCUT2D eigenvalue weighted by Crippen LogP contribution is 2.19. The van der Waals surface area contributed by atoms with Crippen molar-refractivity contribution in [3.8, 4) is 0 Å². The van der Waals surface area contributed by atoms with Crippen molar-refractivity contribution in [1.82, 2.24) is 10.1 Å². The fourth-order valence-corrected chi connectivity index (χ4v) is 2.38. The van der Waals surface area contributed by atoms with Gasteiger partial charge in [-0.1, -0.05) is 5.16 Å². The number of morpholine rings is 1. The van der Waals surface area contributed by atoms with Crippen LogP contribution in [0.15, 0.2) is 10.6 Å². The molecule has 0 bridgehead atoms. The number of anilines is 1. The molecule has 2 saturated heterocycles. The van der Waals surface area contributed by atoms with Gasteiger partial charge in [-0.05, 0) is 12.8 Å². The van der Waals surface area contributed by atoms with Crippen molar-refractivity contribution < 1.29 is 14.1 Å². The summed E-state index contributed by atoms with van der Waals surface area (Å²) in [5.74, 6) is 0.650. The number of carbonyl (C=O) groups is 1. The molecule has 6 heteroatoms. The van der Waals surface area contributed by atoms with E-state index in [9.17, 15) is 4.79 Å². The van der Waals surface area contributed by atoms with Crippen molar-refractivity contribution in [3.63, 3.8) is 0 Å². The summed E-state index contributed by atoms with van der Waals surface area (Å²) in [6.07, 6.45) is 2.17.